The van der Waals surface area contributed by atoms with E-state index in [-0.39, 0.29) is 22.8 Å². The number of fused-ring (bicyclic) bond motifs is 1. The van der Waals surface area contributed by atoms with Crippen molar-refractivity contribution in [1.29, 1.82) is 0 Å². The summed E-state index contributed by atoms with van der Waals surface area (Å²) < 4.78 is 20.9. The maximum absolute atomic E-state index is 13.6. The molecule has 0 spiro atoms. The van der Waals surface area contributed by atoms with Crippen LogP contribution in [0.25, 0.3) is 10.2 Å². The lowest BCUT2D eigenvalue weighted by atomic mass is 10.2. The van der Waals surface area contributed by atoms with E-state index in [0.717, 1.165) is 20.8 Å². The first-order valence-corrected chi connectivity index (χ1v) is 11.0. The van der Waals surface area contributed by atoms with Crippen LogP contribution in [0.3, 0.4) is 0 Å². The zero-order valence-corrected chi connectivity index (χ0v) is 18.0. The maximum Gasteiger partial charge on any atom is 0.260 e. The fourth-order valence-electron chi connectivity index (χ4n) is 2.39. The van der Waals surface area contributed by atoms with E-state index in [1.54, 1.807) is 35.6 Å². The van der Waals surface area contributed by atoms with Crippen LogP contribution < -0.4 is 10.2 Å². The summed E-state index contributed by atoms with van der Waals surface area (Å²) in [4.78, 5) is 23.7. The van der Waals surface area contributed by atoms with Gasteiger partial charge in [0, 0.05) is 0 Å². The van der Waals surface area contributed by atoms with Crippen LogP contribution in [0.2, 0.25) is 5.28 Å². The number of nitrogens with one attached hydrogen (secondary N) is 1. The molecule has 156 valence electrons. The predicted octanol–water partition coefficient (Wildman–Crippen LogP) is 4.91. The molecular formula is C20H13ClFN5O2S2. The highest BCUT2D eigenvalue weighted by Gasteiger charge is 2.09. The number of thioether (sulfide) groups is 1. The SMILES string of the molecule is O=C(CSc1nc2ccccc2s1)N/N=C/c1ccc(Oc2nc(Cl)ncc2F)cc1. The predicted molar refractivity (Wildman–Crippen MR) is 120 cm³/mol. The summed E-state index contributed by atoms with van der Waals surface area (Å²) in [6.07, 6.45) is 2.43. The average molecular weight is 474 g/mol. The van der Waals surface area contributed by atoms with Gasteiger partial charge in [0.05, 0.1) is 28.4 Å². The molecule has 0 unspecified atom stereocenters. The minimum Gasteiger partial charge on any atom is -0.436 e. The van der Waals surface area contributed by atoms with Crippen molar-refractivity contribution in [3.05, 3.63) is 71.4 Å². The summed E-state index contributed by atoms with van der Waals surface area (Å²) in [6, 6.07) is 14.4. The first-order chi connectivity index (χ1) is 15.1. The molecule has 4 aromatic rings. The molecular weight excluding hydrogens is 461 g/mol. The first-order valence-electron chi connectivity index (χ1n) is 8.83. The van der Waals surface area contributed by atoms with Crippen LogP contribution in [-0.4, -0.2) is 32.8 Å². The Morgan fingerprint density at radius 1 is 1.23 bits per heavy atom. The Morgan fingerprint density at radius 2 is 2.03 bits per heavy atom. The van der Waals surface area contributed by atoms with E-state index in [4.69, 9.17) is 16.3 Å². The minimum atomic E-state index is -0.721. The van der Waals surface area contributed by atoms with Crippen molar-refractivity contribution in [1.82, 2.24) is 20.4 Å². The second kappa shape index (κ2) is 9.82. The molecule has 7 nitrogen and oxygen atoms in total. The number of halogens is 2. The molecule has 1 amide bonds. The highest BCUT2D eigenvalue weighted by Crippen LogP contribution is 2.29. The molecule has 31 heavy (non-hydrogen) atoms. The van der Waals surface area contributed by atoms with Gasteiger partial charge in [-0.1, -0.05) is 23.9 Å². The van der Waals surface area contributed by atoms with Crippen LogP contribution in [0.5, 0.6) is 11.6 Å². The van der Waals surface area contributed by atoms with Crippen LogP contribution in [0.1, 0.15) is 5.56 Å². The minimum absolute atomic E-state index is 0.114. The molecule has 0 aliphatic rings. The Morgan fingerprint density at radius 3 is 2.84 bits per heavy atom. The first kappa shape index (κ1) is 21.2. The fraction of sp³-hybridized carbons (Fsp3) is 0.0500. The van der Waals surface area contributed by atoms with Crippen LogP contribution in [0.4, 0.5) is 4.39 Å². The highest BCUT2D eigenvalue weighted by atomic mass is 35.5. The summed E-state index contributed by atoms with van der Waals surface area (Å²) in [5.74, 6) is -0.656. The smallest absolute Gasteiger partial charge is 0.260 e. The second-order valence-electron chi connectivity index (χ2n) is 5.99. The highest BCUT2D eigenvalue weighted by molar-refractivity contribution is 8.01. The number of carbonyl (C=O) groups excluding carboxylic acids is 1. The van der Waals surface area contributed by atoms with Gasteiger partial charge >= 0.3 is 0 Å². The lowest BCUT2D eigenvalue weighted by molar-refractivity contribution is -0.118. The zero-order chi connectivity index (χ0) is 21.6. The molecule has 2 heterocycles. The Hall–Kier alpha value is -3.08. The maximum atomic E-state index is 13.6. The molecule has 0 radical (unpaired) electrons. The van der Waals surface area contributed by atoms with Crippen molar-refractivity contribution < 1.29 is 13.9 Å². The molecule has 0 aliphatic carbocycles. The third-order valence-corrected chi connectivity index (χ3v) is 6.14. The van der Waals surface area contributed by atoms with E-state index < -0.39 is 5.82 Å². The molecule has 0 atom stereocenters. The standard InChI is InChI=1S/C20H13ClFN5O2S2/c21-19-23-10-14(22)18(26-19)29-13-7-5-12(6-8-13)9-24-27-17(28)11-30-20-25-15-3-1-2-4-16(15)31-20/h1-10H,11H2,(H,27,28)/b24-9+. The molecule has 0 fully saturated rings. The normalized spacial score (nSPS) is 11.2. The number of thiazole rings is 1. The lowest BCUT2D eigenvalue weighted by Gasteiger charge is -2.05. The number of hydrogen-bond acceptors (Lipinski definition) is 8. The van der Waals surface area contributed by atoms with Crippen LogP contribution >= 0.6 is 34.7 Å². The molecule has 0 saturated carbocycles. The second-order valence-corrected chi connectivity index (χ2v) is 8.58. The summed E-state index contributed by atoms with van der Waals surface area (Å²) in [6.45, 7) is 0. The van der Waals surface area contributed by atoms with Gasteiger partial charge in [0.2, 0.25) is 11.1 Å². The van der Waals surface area contributed by atoms with E-state index in [1.165, 1.54) is 18.0 Å². The number of rotatable bonds is 7. The van der Waals surface area contributed by atoms with E-state index >= 15 is 0 Å². The number of nitrogens with zero attached hydrogens (tertiary/aromatic N) is 4. The topological polar surface area (TPSA) is 89.4 Å². The number of hydrazone groups is 1. The molecule has 0 saturated heterocycles. The molecule has 1 N–H and O–H groups in total. The quantitative estimate of drug-likeness (QED) is 0.177. The third kappa shape index (κ3) is 5.75. The van der Waals surface area contributed by atoms with Crippen molar-refractivity contribution in [2.75, 3.05) is 5.75 Å². The van der Waals surface area contributed by atoms with Crippen molar-refractivity contribution in [2.24, 2.45) is 5.10 Å². The van der Waals surface area contributed by atoms with Gasteiger partial charge in [-0.3, -0.25) is 4.79 Å². The molecule has 2 aromatic carbocycles. The van der Waals surface area contributed by atoms with Crippen molar-refractivity contribution >= 4 is 57.0 Å². The average Bonchev–Trinajstić information content (AvgIpc) is 3.19. The number of hydrogen-bond donors (Lipinski definition) is 1. The van der Waals surface area contributed by atoms with Gasteiger partial charge < -0.3 is 4.74 Å². The number of carbonyl (C=O) groups is 1. The van der Waals surface area contributed by atoms with Gasteiger partial charge in [-0.2, -0.15) is 14.5 Å². The van der Waals surface area contributed by atoms with Gasteiger partial charge in [0.1, 0.15) is 5.75 Å². The zero-order valence-electron chi connectivity index (χ0n) is 15.7. The summed E-state index contributed by atoms with van der Waals surface area (Å²) in [5, 5.41) is 3.83. The summed E-state index contributed by atoms with van der Waals surface area (Å²) in [7, 11) is 0. The van der Waals surface area contributed by atoms with Crippen LogP contribution in [0, 0.1) is 5.82 Å². The van der Waals surface area contributed by atoms with Crippen LogP contribution in [0.15, 0.2) is 64.2 Å². The fourth-order valence-corrected chi connectivity index (χ4v) is 4.37. The van der Waals surface area contributed by atoms with Gasteiger partial charge in [-0.15, -0.1) is 11.3 Å². The van der Waals surface area contributed by atoms with Gasteiger partial charge in [-0.25, -0.2) is 15.4 Å². The molecule has 0 aliphatic heterocycles. The van der Waals surface area contributed by atoms with E-state index in [0.29, 0.717) is 11.3 Å². The number of benzene rings is 2. The van der Waals surface area contributed by atoms with Crippen molar-refractivity contribution in [3.8, 4) is 11.6 Å². The van der Waals surface area contributed by atoms with E-state index in [2.05, 4.69) is 25.5 Å². The Kier molecular flexibility index (Phi) is 6.70. The third-order valence-electron chi connectivity index (χ3n) is 3.78. The van der Waals surface area contributed by atoms with Gasteiger partial charge in [0.25, 0.3) is 11.8 Å². The Bertz CT molecular complexity index is 1220. The van der Waals surface area contributed by atoms with E-state index in [9.17, 15) is 9.18 Å². The van der Waals surface area contributed by atoms with Crippen molar-refractivity contribution in [2.45, 2.75) is 4.34 Å². The number of aromatic nitrogens is 3. The van der Waals surface area contributed by atoms with Gasteiger partial charge in [-0.05, 0) is 53.6 Å². The van der Waals surface area contributed by atoms with Gasteiger partial charge in [0.15, 0.2) is 4.34 Å². The monoisotopic (exact) mass is 473 g/mol. The number of para-hydroxylation sites is 1. The number of ether oxygens (including phenoxy) is 1. The lowest BCUT2D eigenvalue weighted by Crippen LogP contribution is -2.19. The molecule has 2 aromatic heterocycles. The number of amides is 1. The van der Waals surface area contributed by atoms with E-state index in [1.807, 2.05) is 24.3 Å². The van der Waals surface area contributed by atoms with Crippen molar-refractivity contribution in [3.63, 3.8) is 0 Å². The van der Waals surface area contributed by atoms with Crippen LogP contribution in [-0.2, 0) is 4.79 Å². The Labute approximate surface area is 189 Å². The molecule has 0 bridgehead atoms. The molecule has 4 rings (SSSR count). The largest absolute Gasteiger partial charge is 0.436 e. The Balaban J connectivity index is 1.27. The summed E-state index contributed by atoms with van der Waals surface area (Å²) in [5.41, 5.74) is 4.12. The molecule has 11 heteroatoms. The summed E-state index contributed by atoms with van der Waals surface area (Å²) >= 11 is 8.55.